The number of carbonyl (C=O) groups excluding carboxylic acids is 1. The molecular weight excluding hydrogens is 248 g/mol. The fourth-order valence-electron chi connectivity index (χ4n) is 2.70. The van der Waals surface area contributed by atoms with Gasteiger partial charge in [0.1, 0.15) is 0 Å². The minimum absolute atomic E-state index is 0.220. The van der Waals surface area contributed by atoms with E-state index in [9.17, 15) is 4.79 Å². The van der Waals surface area contributed by atoms with E-state index in [0.717, 1.165) is 32.4 Å². The zero-order chi connectivity index (χ0) is 15.2. The zero-order valence-corrected chi connectivity index (χ0v) is 13.9. The third-order valence-electron chi connectivity index (χ3n) is 4.18. The molecule has 1 amide bonds. The number of carbonyl (C=O) groups is 1. The van der Waals surface area contributed by atoms with Gasteiger partial charge < -0.3 is 11.1 Å². The Labute approximate surface area is 126 Å². The molecule has 0 aliphatic rings. The lowest BCUT2D eigenvalue weighted by Crippen LogP contribution is -2.29. The van der Waals surface area contributed by atoms with Crippen molar-refractivity contribution >= 4 is 5.91 Å². The van der Waals surface area contributed by atoms with Gasteiger partial charge in [-0.05, 0) is 37.6 Å². The predicted molar refractivity (Wildman–Crippen MR) is 87.6 cm³/mol. The van der Waals surface area contributed by atoms with Crippen LogP contribution in [0.15, 0.2) is 0 Å². The number of hydrogen-bond donors (Lipinski definition) is 2. The van der Waals surface area contributed by atoms with Gasteiger partial charge in [-0.1, -0.05) is 52.9 Å². The smallest absolute Gasteiger partial charge is 0.220 e. The Balaban J connectivity index is 3.84. The number of nitrogens with one attached hydrogen (secondary N) is 1. The van der Waals surface area contributed by atoms with Crippen molar-refractivity contribution in [1.82, 2.24) is 5.32 Å². The monoisotopic (exact) mass is 284 g/mol. The van der Waals surface area contributed by atoms with Crippen LogP contribution in [0, 0.1) is 11.8 Å². The highest BCUT2D eigenvalue weighted by Gasteiger charge is 2.11. The van der Waals surface area contributed by atoms with Gasteiger partial charge >= 0.3 is 0 Å². The van der Waals surface area contributed by atoms with Crippen LogP contribution >= 0.6 is 0 Å². The Morgan fingerprint density at radius 2 is 1.75 bits per heavy atom. The van der Waals surface area contributed by atoms with Crippen molar-refractivity contribution < 1.29 is 4.79 Å². The van der Waals surface area contributed by atoms with Crippen molar-refractivity contribution in [3.05, 3.63) is 0 Å². The van der Waals surface area contributed by atoms with Gasteiger partial charge in [-0.2, -0.15) is 0 Å². The standard InChI is InChI=1S/C17H36N2O/c1-4-7-9-15(6-3)14-19-17(20)11-10-16(8-5-2)12-13-18/h15-16H,4-14,18H2,1-3H3,(H,19,20). The SMILES string of the molecule is CCCCC(CC)CNC(=O)CCC(CCC)CCN. The average molecular weight is 284 g/mol. The second-order valence-corrected chi connectivity index (χ2v) is 5.99. The second kappa shape index (κ2) is 13.4. The number of hydrogen-bond acceptors (Lipinski definition) is 2. The molecule has 0 saturated carbocycles. The highest BCUT2D eigenvalue weighted by atomic mass is 16.1. The van der Waals surface area contributed by atoms with Crippen molar-refractivity contribution in [2.75, 3.05) is 13.1 Å². The van der Waals surface area contributed by atoms with Crippen molar-refractivity contribution in [1.29, 1.82) is 0 Å². The average Bonchev–Trinajstić information content (AvgIpc) is 2.45. The Morgan fingerprint density at radius 3 is 2.30 bits per heavy atom. The molecule has 0 aliphatic heterocycles. The predicted octanol–water partition coefficient (Wildman–Crippen LogP) is 3.86. The third-order valence-corrected chi connectivity index (χ3v) is 4.18. The highest BCUT2D eigenvalue weighted by molar-refractivity contribution is 5.75. The second-order valence-electron chi connectivity index (χ2n) is 5.99. The molecule has 0 aliphatic carbocycles. The summed E-state index contributed by atoms with van der Waals surface area (Å²) in [6.07, 6.45) is 9.98. The maximum atomic E-state index is 11.9. The van der Waals surface area contributed by atoms with Crippen molar-refractivity contribution in [2.45, 2.75) is 78.6 Å². The summed E-state index contributed by atoms with van der Waals surface area (Å²) in [5, 5.41) is 3.11. The first-order valence-electron chi connectivity index (χ1n) is 8.64. The quantitative estimate of drug-likeness (QED) is 0.539. The van der Waals surface area contributed by atoms with Crippen LogP contribution in [0.25, 0.3) is 0 Å². The molecule has 0 saturated heterocycles. The molecule has 0 heterocycles. The fraction of sp³-hybridized carbons (Fsp3) is 0.941. The van der Waals surface area contributed by atoms with E-state index in [-0.39, 0.29) is 5.91 Å². The van der Waals surface area contributed by atoms with E-state index < -0.39 is 0 Å². The van der Waals surface area contributed by atoms with Crippen LogP contribution in [-0.4, -0.2) is 19.0 Å². The molecule has 0 bridgehead atoms. The van der Waals surface area contributed by atoms with Gasteiger partial charge in [0.25, 0.3) is 0 Å². The maximum Gasteiger partial charge on any atom is 0.220 e. The van der Waals surface area contributed by atoms with Crippen LogP contribution in [0.1, 0.15) is 78.6 Å². The Hall–Kier alpha value is -0.570. The van der Waals surface area contributed by atoms with Gasteiger partial charge in [0.2, 0.25) is 5.91 Å². The van der Waals surface area contributed by atoms with Gasteiger partial charge in [0, 0.05) is 13.0 Å². The molecule has 120 valence electrons. The van der Waals surface area contributed by atoms with Crippen LogP contribution in [0.4, 0.5) is 0 Å². The Bertz CT molecular complexity index is 225. The van der Waals surface area contributed by atoms with E-state index in [1.807, 2.05) is 0 Å². The molecule has 0 aromatic heterocycles. The molecule has 0 aromatic rings. The topological polar surface area (TPSA) is 55.1 Å². The summed E-state index contributed by atoms with van der Waals surface area (Å²) in [6.45, 7) is 8.22. The molecule has 20 heavy (non-hydrogen) atoms. The first kappa shape index (κ1) is 19.4. The molecule has 0 aromatic carbocycles. The molecule has 2 unspecified atom stereocenters. The van der Waals surface area contributed by atoms with Gasteiger partial charge in [-0.25, -0.2) is 0 Å². The summed E-state index contributed by atoms with van der Waals surface area (Å²) < 4.78 is 0. The number of unbranched alkanes of at least 4 members (excludes halogenated alkanes) is 1. The van der Waals surface area contributed by atoms with Crippen LogP contribution in [0.5, 0.6) is 0 Å². The molecule has 3 heteroatoms. The van der Waals surface area contributed by atoms with Gasteiger partial charge in [0.05, 0.1) is 0 Å². The van der Waals surface area contributed by atoms with E-state index in [2.05, 4.69) is 26.1 Å². The maximum absolute atomic E-state index is 11.9. The van der Waals surface area contributed by atoms with Crippen LogP contribution in [-0.2, 0) is 4.79 Å². The molecular formula is C17H36N2O. The molecule has 0 spiro atoms. The van der Waals surface area contributed by atoms with E-state index in [4.69, 9.17) is 5.73 Å². The molecule has 3 nitrogen and oxygen atoms in total. The molecule has 0 rings (SSSR count). The van der Waals surface area contributed by atoms with Crippen molar-refractivity contribution in [2.24, 2.45) is 17.6 Å². The number of nitrogens with two attached hydrogens (primary N) is 1. The summed E-state index contributed by atoms with van der Waals surface area (Å²) in [7, 11) is 0. The minimum atomic E-state index is 0.220. The first-order valence-corrected chi connectivity index (χ1v) is 8.64. The Morgan fingerprint density at radius 1 is 1.00 bits per heavy atom. The van der Waals surface area contributed by atoms with Gasteiger partial charge in [-0.15, -0.1) is 0 Å². The van der Waals surface area contributed by atoms with E-state index >= 15 is 0 Å². The highest BCUT2D eigenvalue weighted by Crippen LogP contribution is 2.17. The van der Waals surface area contributed by atoms with Crippen LogP contribution < -0.4 is 11.1 Å². The third kappa shape index (κ3) is 10.2. The first-order chi connectivity index (χ1) is 9.67. The number of rotatable bonds is 13. The minimum Gasteiger partial charge on any atom is -0.356 e. The lowest BCUT2D eigenvalue weighted by molar-refractivity contribution is -0.121. The molecule has 3 N–H and O–H groups in total. The summed E-state index contributed by atoms with van der Waals surface area (Å²) in [5.74, 6) is 1.49. The Kier molecular flexibility index (Phi) is 13.0. The summed E-state index contributed by atoms with van der Waals surface area (Å²) >= 11 is 0. The van der Waals surface area contributed by atoms with E-state index in [1.54, 1.807) is 0 Å². The van der Waals surface area contributed by atoms with Crippen LogP contribution in [0.3, 0.4) is 0 Å². The lowest BCUT2D eigenvalue weighted by Gasteiger charge is -2.17. The lowest BCUT2D eigenvalue weighted by atomic mass is 9.94. The normalized spacial score (nSPS) is 14.0. The summed E-state index contributed by atoms with van der Waals surface area (Å²) in [4.78, 5) is 11.9. The zero-order valence-electron chi connectivity index (χ0n) is 13.9. The summed E-state index contributed by atoms with van der Waals surface area (Å²) in [6, 6.07) is 0. The van der Waals surface area contributed by atoms with Crippen molar-refractivity contribution in [3.63, 3.8) is 0 Å². The largest absolute Gasteiger partial charge is 0.356 e. The van der Waals surface area contributed by atoms with E-state index in [1.165, 1.54) is 32.1 Å². The molecule has 2 atom stereocenters. The summed E-state index contributed by atoms with van der Waals surface area (Å²) in [5.41, 5.74) is 5.63. The van der Waals surface area contributed by atoms with E-state index in [0.29, 0.717) is 18.3 Å². The molecule has 0 radical (unpaired) electrons. The van der Waals surface area contributed by atoms with Crippen molar-refractivity contribution in [3.8, 4) is 0 Å². The number of amides is 1. The van der Waals surface area contributed by atoms with Crippen LogP contribution in [0.2, 0.25) is 0 Å². The van der Waals surface area contributed by atoms with Gasteiger partial charge in [-0.3, -0.25) is 4.79 Å². The fourth-order valence-corrected chi connectivity index (χ4v) is 2.70. The molecule has 0 fully saturated rings. The van der Waals surface area contributed by atoms with Gasteiger partial charge in [0.15, 0.2) is 0 Å².